The second-order valence-electron chi connectivity index (χ2n) is 8.90. The fourth-order valence-electron chi connectivity index (χ4n) is 4.73. The van der Waals surface area contributed by atoms with Crippen molar-refractivity contribution in [2.45, 2.75) is 27.7 Å². The van der Waals surface area contributed by atoms with E-state index in [1.165, 1.54) is 0 Å². The maximum atomic E-state index is 6.69. The predicted molar refractivity (Wildman–Crippen MR) is 149 cm³/mol. The van der Waals surface area contributed by atoms with Gasteiger partial charge in [0, 0.05) is 20.1 Å². The van der Waals surface area contributed by atoms with Gasteiger partial charge in [0.15, 0.2) is 0 Å². The minimum Gasteiger partial charge on any atom is -0.195 e. The van der Waals surface area contributed by atoms with Crippen LogP contribution < -0.4 is 21.9 Å². The molecule has 4 rings (SSSR count). The summed E-state index contributed by atoms with van der Waals surface area (Å²) < 4.78 is 0. The van der Waals surface area contributed by atoms with Crippen LogP contribution in [0.4, 0.5) is 0 Å². The third kappa shape index (κ3) is 4.33. The van der Waals surface area contributed by atoms with E-state index in [2.05, 4.69) is 66.7 Å². The van der Waals surface area contributed by atoms with Gasteiger partial charge in [-0.2, -0.15) is 21.9 Å². The molecule has 0 nitrogen and oxygen atoms in total. The Hall–Kier alpha value is -1.90. The molecule has 0 aromatic heterocycles. The second-order valence-corrected chi connectivity index (χ2v) is 10.5. The lowest BCUT2D eigenvalue weighted by Crippen LogP contribution is -2.74. The van der Waals surface area contributed by atoms with Crippen molar-refractivity contribution in [1.82, 2.24) is 0 Å². The Morgan fingerprint density at radius 1 is 0.394 bits per heavy atom. The molecule has 0 aliphatic heterocycles. The Morgan fingerprint density at radius 3 is 1.06 bits per heavy atom. The van der Waals surface area contributed by atoms with Crippen molar-refractivity contribution >= 4 is 74.4 Å². The normalized spacial score (nSPS) is 11.6. The summed E-state index contributed by atoms with van der Waals surface area (Å²) in [6, 6.07) is 25.1. The predicted octanol–water partition coefficient (Wildman–Crippen LogP) is 6.91. The summed E-state index contributed by atoms with van der Waals surface area (Å²) in [5.74, 6) is 0. The summed E-state index contributed by atoms with van der Waals surface area (Å²) in [5.41, 5.74) is 8.49. The van der Waals surface area contributed by atoms with E-state index in [9.17, 15) is 0 Å². The van der Waals surface area contributed by atoms with Crippen molar-refractivity contribution in [2.75, 3.05) is 0 Å². The molecule has 5 heteroatoms. The zero-order valence-corrected chi connectivity index (χ0v) is 22.0. The molecular formula is C28H24BCl4-. The van der Waals surface area contributed by atoms with E-state index in [1.54, 1.807) is 0 Å². The fourth-order valence-corrected chi connectivity index (χ4v) is 5.41. The summed E-state index contributed by atoms with van der Waals surface area (Å²) >= 11 is 26.5. The summed E-state index contributed by atoms with van der Waals surface area (Å²) in [5, 5.41) is 2.90. The van der Waals surface area contributed by atoms with Crippen LogP contribution in [-0.4, -0.2) is 6.15 Å². The average Bonchev–Trinajstić information content (AvgIpc) is 2.78. The molecule has 0 aliphatic carbocycles. The lowest BCUT2D eigenvalue weighted by Gasteiger charge is -2.45. The van der Waals surface area contributed by atoms with Crippen LogP contribution in [0.25, 0.3) is 0 Å². The molecule has 33 heavy (non-hydrogen) atoms. The summed E-state index contributed by atoms with van der Waals surface area (Å²) in [6.07, 6.45) is -1.66. The molecule has 4 aromatic rings. The van der Waals surface area contributed by atoms with Crippen LogP contribution >= 0.6 is 46.4 Å². The minimum atomic E-state index is -1.66. The maximum Gasteiger partial charge on any atom is 0.108 e. The van der Waals surface area contributed by atoms with Gasteiger partial charge < -0.3 is 0 Å². The maximum absolute atomic E-state index is 6.69. The highest BCUT2D eigenvalue weighted by atomic mass is 35.5. The molecule has 0 saturated heterocycles. The van der Waals surface area contributed by atoms with Gasteiger partial charge in [-0.25, -0.2) is 0 Å². The van der Waals surface area contributed by atoms with Crippen LogP contribution in [0.2, 0.25) is 20.1 Å². The van der Waals surface area contributed by atoms with Gasteiger partial charge in [-0.05, 0) is 56.0 Å². The summed E-state index contributed by atoms with van der Waals surface area (Å²) in [4.78, 5) is 0. The highest BCUT2D eigenvalue weighted by molar-refractivity contribution is 7.20. The fraction of sp³-hybridized carbons (Fsp3) is 0.143. The van der Waals surface area contributed by atoms with Crippen molar-refractivity contribution in [2.24, 2.45) is 0 Å². The zero-order chi connectivity index (χ0) is 23.9. The van der Waals surface area contributed by atoms with Gasteiger partial charge in [0.1, 0.15) is 6.15 Å². The van der Waals surface area contributed by atoms with E-state index in [1.807, 2.05) is 33.8 Å². The Labute approximate surface area is 216 Å². The third-order valence-corrected chi connectivity index (χ3v) is 8.42. The topological polar surface area (TPSA) is 0 Å². The van der Waals surface area contributed by atoms with Gasteiger partial charge in [-0.3, -0.25) is 0 Å². The highest BCUT2D eigenvalue weighted by Gasteiger charge is 2.33. The van der Waals surface area contributed by atoms with Crippen LogP contribution in [0.1, 0.15) is 22.3 Å². The van der Waals surface area contributed by atoms with Crippen LogP contribution in [0, 0.1) is 27.7 Å². The number of benzene rings is 4. The molecule has 0 saturated carbocycles. The largest absolute Gasteiger partial charge is 0.195 e. The smallest absolute Gasteiger partial charge is 0.108 e. The molecule has 0 N–H and O–H groups in total. The van der Waals surface area contributed by atoms with E-state index in [0.717, 1.165) is 64.2 Å². The standard InChI is InChI=1S/C28H24BCl4/c1-17-5-8-22(14-26(17)31)29(21-11-12-25(30)20(4)13-21,23-9-6-18(2)27(32)15-23)24-10-7-19(3)28(33)16-24/h5-16H,1-4H3/q-1. The summed E-state index contributed by atoms with van der Waals surface area (Å²) in [6.45, 7) is 8.06. The molecule has 0 spiro atoms. The van der Waals surface area contributed by atoms with Crippen LogP contribution in [-0.2, 0) is 0 Å². The summed E-state index contributed by atoms with van der Waals surface area (Å²) in [7, 11) is 0. The number of hydrogen-bond donors (Lipinski definition) is 0. The monoisotopic (exact) mass is 511 g/mol. The molecule has 0 unspecified atom stereocenters. The number of aryl methyl sites for hydroxylation is 4. The molecular weight excluding hydrogens is 489 g/mol. The first kappa shape index (κ1) is 24.2. The lowest BCUT2D eigenvalue weighted by atomic mass is 9.13. The van der Waals surface area contributed by atoms with E-state index in [0.29, 0.717) is 0 Å². The van der Waals surface area contributed by atoms with Gasteiger partial charge in [0.25, 0.3) is 0 Å². The molecule has 0 radical (unpaired) electrons. The number of hydrogen-bond acceptors (Lipinski definition) is 0. The third-order valence-electron chi connectivity index (χ3n) is 6.77. The first-order valence-electron chi connectivity index (χ1n) is 10.9. The van der Waals surface area contributed by atoms with E-state index >= 15 is 0 Å². The van der Waals surface area contributed by atoms with Crippen LogP contribution in [0.15, 0.2) is 72.8 Å². The minimum absolute atomic E-state index is 0.723. The molecule has 168 valence electrons. The molecule has 4 aromatic carbocycles. The molecule has 0 fully saturated rings. The number of rotatable bonds is 4. The van der Waals surface area contributed by atoms with Gasteiger partial charge in [0.2, 0.25) is 0 Å². The zero-order valence-electron chi connectivity index (χ0n) is 19.0. The first-order valence-corrected chi connectivity index (χ1v) is 12.4. The molecule has 0 bridgehead atoms. The molecule has 0 aliphatic rings. The van der Waals surface area contributed by atoms with Crippen molar-refractivity contribution in [3.8, 4) is 0 Å². The Balaban J connectivity index is 2.21. The van der Waals surface area contributed by atoms with Crippen molar-refractivity contribution in [3.05, 3.63) is 115 Å². The highest BCUT2D eigenvalue weighted by Crippen LogP contribution is 2.22. The van der Waals surface area contributed by atoms with Gasteiger partial charge in [0.05, 0.1) is 0 Å². The average molecular weight is 513 g/mol. The van der Waals surface area contributed by atoms with Crippen molar-refractivity contribution in [3.63, 3.8) is 0 Å². The van der Waals surface area contributed by atoms with Crippen molar-refractivity contribution in [1.29, 1.82) is 0 Å². The molecule has 0 heterocycles. The second kappa shape index (κ2) is 9.39. The SMILES string of the molecule is Cc1cc([B-](c2ccc(C)c(Cl)c2)(c2ccc(C)c(Cl)c2)c2ccc(C)c(Cl)c2)ccc1Cl. The van der Waals surface area contributed by atoms with E-state index in [4.69, 9.17) is 46.4 Å². The Bertz CT molecular complexity index is 1150. The van der Waals surface area contributed by atoms with E-state index in [-0.39, 0.29) is 0 Å². The molecule has 0 amide bonds. The van der Waals surface area contributed by atoms with Crippen molar-refractivity contribution < 1.29 is 0 Å². The molecule has 0 atom stereocenters. The number of halogens is 4. The quantitative estimate of drug-likeness (QED) is 0.260. The Kier molecular flexibility index (Phi) is 6.90. The van der Waals surface area contributed by atoms with Crippen LogP contribution in [0.3, 0.4) is 0 Å². The van der Waals surface area contributed by atoms with Gasteiger partial charge in [-0.1, -0.05) is 113 Å². The first-order chi connectivity index (χ1) is 15.6. The van der Waals surface area contributed by atoms with Gasteiger partial charge in [-0.15, -0.1) is 0 Å². The van der Waals surface area contributed by atoms with E-state index < -0.39 is 6.15 Å². The Morgan fingerprint density at radius 2 is 0.727 bits per heavy atom. The lowest BCUT2D eigenvalue weighted by molar-refractivity contribution is 1.46. The van der Waals surface area contributed by atoms with Gasteiger partial charge >= 0.3 is 0 Å². The van der Waals surface area contributed by atoms with Crippen LogP contribution in [0.5, 0.6) is 0 Å².